The van der Waals surface area contributed by atoms with Crippen LogP contribution in [0.1, 0.15) is 105 Å². The fraction of sp³-hybridized carbons (Fsp3) is 0.174. The molecule has 0 atom stereocenters. The van der Waals surface area contributed by atoms with Crippen molar-refractivity contribution in [3.05, 3.63) is 265 Å². The number of rotatable bonds is 4. The summed E-state index contributed by atoms with van der Waals surface area (Å²) in [5.74, 6) is 0. The molecule has 1 aliphatic carbocycles. The van der Waals surface area contributed by atoms with Crippen LogP contribution in [0.5, 0.6) is 0 Å². The Morgan fingerprint density at radius 1 is 0.227 bits per heavy atom. The number of aromatic nitrogens is 4. The first-order chi connectivity index (χ1) is 46.1. The third-order valence-corrected chi connectivity index (χ3v) is 20.5. The van der Waals surface area contributed by atoms with Gasteiger partial charge in [0.25, 0.3) is 0 Å². The smallest absolute Gasteiger partial charge is 0.656 e. The first-order valence-corrected chi connectivity index (χ1v) is 34.0. The molecule has 0 N–H and O–H groups in total. The third-order valence-electron chi connectivity index (χ3n) is 20.5. The minimum Gasteiger partial charge on any atom is -0.656 e. The van der Waals surface area contributed by atoms with Gasteiger partial charge in [0.2, 0.25) is 0 Å². The Balaban J connectivity index is 0.00000738. The van der Waals surface area contributed by atoms with Gasteiger partial charge in [-0.3, -0.25) is 0 Å². The minimum absolute atomic E-state index is 0. The molecule has 4 heterocycles. The molecule has 0 saturated heterocycles. The molecule has 0 saturated carbocycles. The Morgan fingerprint density at radius 2 is 0.402 bits per heavy atom. The van der Waals surface area contributed by atoms with Crippen molar-refractivity contribution in [2.45, 2.75) is 105 Å². The molecule has 4 nitrogen and oxygen atoms in total. The van der Waals surface area contributed by atoms with E-state index in [0.29, 0.717) is 0 Å². The van der Waals surface area contributed by atoms with E-state index in [4.69, 9.17) is 19.9 Å². The van der Waals surface area contributed by atoms with E-state index in [1.165, 1.54) is 22.3 Å². The van der Waals surface area contributed by atoms with Crippen LogP contribution >= 0.6 is 0 Å². The summed E-state index contributed by atoms with van der Waals surface area (Å²) in [6.45, 7) is 27.5. The summed E-state index contributed by atoms with van der Waals surface area (Å²) in [4.78, 5) is 25.3. The summed E-state index contributed by atoms with van der Waals surface area (Å²) < 4.78 is 0. The summed E-state index contributed by atoms with van der Waals surface area (Å²) in [7, 11) is 0. The number of hydrogen-bond acceptors (Lipinski definition) is 2. The van der Waals surface area contributed by atoms with Crippen molar-refractivity contribution in [2.24, 2.45) is 0 Å². The molecule has 0 spiro atoms. The van der Waals surface area contributed by atoms with Crippen molar-refractivity contribution >= 4 is 86.7 Å². The Kier molecular flexibility index (Phi) is 14.4. The zero-order valence-electron chi connectivity index (χ0n) is 57.2. The standard InChI is InChI=1S/C92H76N4.Pd/c1-89(2,3)65-37-29-53(30-38-65)77-81-69-45-57-21-13-15-23-59(57)47-71(69)83(93-81)78(54-31-39-66(40-32-54)90(4,5)6)85-73-49-61-25-17-19-27-63(61)51-75(73)87(95-85)80(56-35-43-68(44-36-56)92(10,11)12)88-76-52-64-28-20-18-26-62(64)50-74(76)86(96-88)79(55-33-41-67(42-34-55)91(7,8)9)84-72-48-60-24-16-14-22-58(60)46-70(72)82(77)94-84;/h13-52H,1-12H3;/q-2;+2. The molecule has 2 aliphatic heterocycles. The van der Waals surface area contributed by atoms with Crippen LogP contribution in [0.3, 0.4) is 0 Å². The molecule has 474 valence electrons. The predicted molar refractivity (Wildman–Crippen MR) is 409 cm³/mol. The Bertz CT molecular complexity index is 5210. The topological polar surface area (TPSA) is 54.0 Å². The molecule has 8 bridgehead atoms. The first kappa shape index (κ1) is 61.8. The predicted octanol–water partition coefficient (Wildman–Crippen LogP) is 25.0. The van der Waals surface area contributed by atoms with Crippen molar-refractivity contribution in [3.8, 4) is 89.5 Å². The van der Waals surface area contributed by atoms with E-state index in [2.05, 4.69) is 326 Å². The van der Waals surface area contributed by atoms with Crippen LogP contribution in [0.25, 0.3) is 176 Å². The fourth-order valence-electron chi connectivity index (χ4n) is 15.1. The van der Waals surface area contributed by atoms with Crippen LogP contribution in [0.15, 0.2) is 243 Å². The van der Waals surface area contributed by atoms with Gasteiger partial charge in [-0.05, 0) is 202 Å². The van der Waals surface area contributed by atoms with E-state index in [0.717, 1.165) is 176 Å². The van der Waals surface area contributed by atoms with Gasteiger partial charge < -0.3 is 9.97 Å². The second-order valence-corrected chi connectivity index (χ2v) is 31.0. The SMILES string of the molecule is CC(C)(C)c1ccc(-c2c3nc(c(-c4ccc(C(C)(C)C)cc4)c4[n-]c(c(-c5ccc(C(C)(C)C)cc5)c5nc(c(-c6ccc(C(C)(C)C)cc6)c6[n-]c2c2cc7ccccc7cc62)-c2cc6ccccc6cc2-5)c2cc5ccccc5cc42)-c2cc4ccccc4cc2-3)cc1.[Pd+2]. The van der Waals surface area contributed by atoms with Crippen molar-refractivity contribution in [3.63, 3.8) is 0 Å². The Morgan fingerprint density at radius 3 is 0.577 bits per heavy atom. The zero-order chi connectivity index (χ0) is 65.9. The van der Waals surface area contributed by atoms with E-state index < -0.39 is 0 Å². The molecule has 2 aromatic heterocycles. The van der Waals surface area contributed by atoms with E-state index in [1.807, 2.05) is 0 Å². The van der Waals surface area contributed by atoms with Crippen LogP contribution < -0.4 is 9.97 Å². The van der Waals surface area contributed by atoms with Gasteiger partial charge in [-0.15, -0.1) is 22.1 Å². The second kappa shape index (κ2) is 22.5. The van der Waals surface area contributed by atoms with Crippen molar-refractivity contribution in [2.75, 3.05) is 0 Å². The normalized spacial score (nSPS) is 12.7. The molecule has 14 aromatic rings. The van der Waals surface area contributed by atoms with E-state index in [1.54, 1.807) is 0 Å². The van der Waals surface area contributed by atoms with Crippen molar-refractivity contribution in [1.82, 2.24) is 19.9 Å². The van der Waals surface area contributed by atoms with Gasteiger partial charge in [0.05, 0.1) is 22.8 Å². The van der Waals surface area contributed by atoms with E-state index in [-0.39, 0.29) is 42.1 Å². The Labute approximate surface area is 582 Å². The van der Waals surface area contributed by atoms with Crippen molar-refractivity contribution in [1.29, 1.82) is 0 Å². The van der Waals surface area contributed by atoms with Gasteiger partial charge in [0.15, 0.2) is 0 Å². The maximum absolute atomic E-state index is 6.33. The van der Waals surface area contributed by atoms with Crippen LogP contribution in [0, 0.1) is 0 Å². The second-order valence-electron chi connectivity index (χ2n) is 31.0. The quantitative estimate of drug-likeness (QED) is 0.165. The third kappa shape index (κ3) is 10.4. The first-order valence-electron chi connectivity index (χ1n) is 34.0. The maximum atomic E-state index is 6.33. The van der Waals surface area contributed by atoms with Gasteiger partial charge in [-0.1, -0.05) is 277 Å². The molecule has 0 radical (unpaired) electrons. The largest absolute Gasteiger partial charge is 2.00 e. The molecule has 5 heteroatoms. The zero-order valence-corrected chi connectivity index (χ0v) is 58.8. The monoisotopic (exact) mass is 1340 g/mol. The van der Waals surface area contributed by atoms with Gasteiger partial charge in [0.1, 0.15) is 0 Å². The van der Waals surface area contributed by atoms with Gasteiger partial charge >= 0.3 is 20.4 Å². The average molecular weight is 1340 g/mol. The van der Waals surface area contributed by atoms with Crippen molar-refractivity contribution < 1.29 is 20.4 Å². The van der Waals surface area contributed by atoms with Gasteiger partial charge in [-0.25, -0.2) is 9.97 Å². The maximum Gasteiger partial charge on any atom is 2.00 e. The van der Waals surface area contributed by atoms with Crippen LogP contribution in [0.4, 0.5) is 0 Å². The van der Waals surface area contributed by atoms with Crippen LogP contribution in [-0.2, 0) is 42.1 Å². The molecule has 12 aromatic carbocycles. The molecule has 0 fully saturated rings. The number of hydrogen-bond donors (Lipinski definition) is 0. The van der Waals surface area contributed by atoms with Crippen LogP contribution in [0.2, 0.25) is 0 Å². The molecule has 17 rings (SSSR count). The summed E-state index contributed by atoms with van der Waals surface area (Å²) in [6, 6.07) is 91.3. The number of benzene rings is 12. The van der Waals surface area contributed by atoms with Gasteiger partial charge in [0, 0.05) is 22.3 Å². The molecule has 97 heavy (non-hydrogen) atoms. The molecule has 0 amide bonds. The minimum atomic E-state index is -0.0939. The van der Waals surface area contributed by atoms with E-state index in [9.17, 15) is 0 Å². The number of fused-ring (bicyclic) bond motifs is 4. The Hall–Kier alpha value is -10.0. The average Bonchev–Trinajstić information content (AvgIpc) is 1.56. The summed E-state index contributed by atoms with van der Waals surface area (Å²) >= 11 is 0. The summed E-state index contributed by atoms with van der Waals surface area (Å²) in [5, 5.41) is 13.2. The summed E-state index contributed by atoms with van der Waals surface area (Å²) in [5.41, 5.74) is 23.6. The molecular weight excluding hydrogens is 1270 g/mol. The number of nitrogens with zero attached hydrogens (tertiary/aromatic N) is 4. The summed E-state index contributed by atoms with van der Waals surface area (Å²) in [6.07, 6.45) is 0. The fourth-order valence-corrected chi connectivity index (χ4v) is 15.1. The molecular formula is C92H76N4Pd. The van der Waals surface area contributed by atoms with Gasteiger partial charge in [-0.2, -0.15) is 0 Å². The molecule has 0 unspecified atom stereocenters. The van der Waals surface area contributed by atoms with Crippen LogP contribution in [-0.4, -0.2) is 9.97 Å². The van der Waals surface area contributed by atoms with E-state index >= 15 is 0 Å². The molecule has 3 aliphatic rings.